The van der Waals surface area contributed by atoms with Crippen molar-refractivity contribution in [1.82, 2.24) is 0 Å². The minimum absolute atomic E-state index is 0.0681. The zero-order valence-corrected chi connectivity index (χ0v) is 13.1. The first-order valence-electron chi connectivity index (χ1n) is 7.43. The van der Waals surface area contributed by atoms with Crippen molar-refractivity contribution in [1.29, 1.82) is 0 Å². The van der Waals surface area contributed by atoms with E-state index in [2.05, 4.69) is 0 Å². The first-order valence-corrected chi connectivity index (χ1v) is 7.43. The summed E-state index contributed by atoms with van der Waals surface area (Å²) in [4.78, 5) is 24.7. The summed E-state index contributed by atoms with van der Waals surface area (Å²) in [6.45, 7) is 0.725. The molecule has 3 rings (SSSR count). The number of ether oxygens (including phenoxy) is 2. The van der Waals surface area contributed by atoms with Crippen molar-refractivity contribution in [3.8, 4) is 11.5 Å². The Morgan fingerprint density at radius 1 is 1.29 bits per heavy atom. The maximum atomic E-state index is 12.6. The molecule has 0 fully saturated rings. The van der Waals surface area contributed by atoms with Crippen LogP contribution in [0.15, 0.2) is 42.5 Å². The third-order valence-electron chi connectivity index (χ3n) is 3.83. The molecular weight excluding hydrogens is 312 g/mol. The van der Waals surface area contributed by atoms with Crippen LogP contribution in [0, 0.1) is 10.1 Å². The molecule has 0 bridgehead atoms. The normalized spacial score (nSPS) is 13.0. The van der Waals surface area contributed by atoms with Crippen molar-refractivity contribution >= 4 is 17.3 Å². The van der Waals surface area contributed by atoms with Gasteiger partial charge in [-0.2, -0.15) is 0 Å². The van der Waals surface area contributed by atoms with E-state index in [0.717, 1.165) is 11.3 Å². The second-order valence-electron chi connectivity index (χ2n) is 5.33. The maximum Gasteiger partial charge on any atom is 0.271 e. The fourth-order valence-electron chi connectivity index (χ4n) is 2.59. The number of carbonyl (C=O) groups is 1. The highest BCUT2D eigenvalue weighted by atomic mass is 16.6. The summed E-state index contributed by atoms with van der Waals surface area (Å²) < 4.78 is 10.6. The standard InChI is InChI=1S/C17H16N2O5/c1-23-14-5-2-12(3-6-14)10-17(20)18-8-9-24-16-7-4-13(19(21)22)11-15(16)18/h2-7,11H,8-10H2,1H3. The predicted octanol–water partition coefficient (Wildman–Crippen LogP) is 2.57. The van der Waals surface area contributed by atoms with Gasteiger partial charge < -0.3 is 14.4 Å². The fourth-order valence-corrected chi connectivity index (χ4v) is 2.59. The third-order valence-corrected chi connectivity index (χ3v) is 3.83. The minimum atomic E-state index is -0.485. The van der Waals surface area contributed by atoms with Gasteiger partial charge in [-0.05, 0) is 23.8 Å². The highest BCUT2D eigenvalue weighted by molar-refractivity contribution is 5.97. The van der Waals surface area contributed by atoms with Crippen molar-refractivity contribution in [2.75, 3.05) is 25.2 Å². The summed E-state index contributed by atoms with van der Waals surface area (Å²) >= 11 is 0. The molecule has 2 aromatic carbocycles. The average molecular weight is 328 g/mol. The average Bonchev–Trinajstić information content (AvgIpc) is 2.61. The first kappa shape index (κ1) is 15.8. The lowest BCUT2D eigenvalue weighted by atomic mass is 10.1. The number of nitro groups is 1. The summed E-state index contributed by atoms with van der Waals surface area (Å²) in [6.07, 6.45) is 0.201. The number of fused-ring (bicyclic) bond motifs is 1. The Morgan fingerprint density at radius 3 is 2.71 bits per heavy atom. The molecule has 0 saturated heterocycles. The summed E-state index contributed by atoms with van der Waals surface area (Å²) in [5.74, 6) is 1.07. The van der Waals surface area contributed by atoms with Gasteiger partial charge in [0.25, 0.3) is 5.69 Å². The summed E-state index contributed by atoms with van der Waals surface area (Å²) in [5.41, 5.74) is 1.22. The van der Waals surface area contributed by atoms with Gasteiger partial charge in [-0.3, -0.25) is 14.9 Å². The van der Waals surface area contributed by atoms with Crippen molar-refractivity contribution < 1.29 is 19.2 Å². The van der Waals surface area contributed by atoms with E-state index in [4.69, 9.17) is 9.47 Å². The van der Waals surface area contributed by atoms with Gasteiger partial charge >= 0.3 is 0 Å². The lowest BCUT2D eigenvalue weighted by molar-refractivity contribution is -0.384. The predicted molar refractivity (Wildman–Crippen MR) is 87.6 cm³/mol. The quantitative estimate of drug-likeness (QED) is 0.636. The molecule has 7 nitrogen and oxygen atoms in total. The lowest BCUT2D eigenvalue weighted by Gasteiger charge is -2.29. The topological polar surface area (TPSA) is 81.9 Å². The van der Waals surface area contributed by atoms with Crippen LogP contribution in [0.2, 0.25) is 0 Å². The van der Waals surface area contributed by atoms with Crippen molar-refractivity contribution in [3.63, 3.8) is 0 Å². The minimum Gasteiger partial charge on any atom is -0.497 e. The van der Waals surface area contributed by atoms with Crippen molar-refractivity contribution in [2.24, 2.45) is 0 Å². The van der Waals surface area contributed by atoms with E-state index in [1.54, 1.807) is 19.2 Å². The molecule has 2 aromatic rings. The molecule has 0 N–H and O–H groups in total. The molecule has 0 unspecified atom stereocenters. The van der Waals surface area contributed by atoms with Gasteiger partial charge in [0.1, 0.15) is 18.1 Å². The number of non-ortho nitro benzene ring substituents is 1. The summed E-state index contributed by atoms with van der Waals surface area (Å²) in [6, 6.07) is 11.5. The highest BCUT2D eigenvalue weighted by Crippen LogP contribution is 2.35. The third kappa shape index (κ3) is 3.15. The van der Waals surface area contributed by atoms with Crippen LogP contribution in [0.4, 0.5) is 11.4 Å². The first-order chi connectivity index (χ1) is 11.6. The Hall–Kier alpha value is -3.09. The van der Waals surface area contributed by atoms with E-state index in [0.29, 0.717) is 24.6 Å². The zero-order valence-electron chi connectivity index (χ0n) is 13.1. The molecule has 0 aliphatic carbocycles. The number of benzene rings is 2. The largest absolute Gasteiger partial charge is 0.497 e. The van der Waals surface area contributed by atoms with Crippen molar-refractivity contribution in [3.05, 3.63) is 58.1 Å². The van der Waals surface area contributed by atoms with Crippen LogP contribution >= 0.6 is 0 Å². The number of nitrogens with zero attached hydrogens (tertiary/aromatic N) is 2. The van der Waals surface area contributed by atoms with E-state index in [1.165, 1.54) is 23.1 Å². The van der Waals surface area contributed by atoms with Crippen LogP contribution < -0.4 is 14.4 Å². The second kappa shape index (κ2) is 6.57. The molecule has 124 valence electrons. The van der Waals surface area contributed by atoms with E-state index >= 15 is 0 Å². The maximum absolute atomic E-state index is 12.6. The van der Waals surface area contributed by atoms with Gasteiger partial charge in [0.2, 0.25) is 5.91 Å². The smallest absolute Gasteiger partial charge is 0.271 e. The Morgan fingerprint density at radius 2 is 2.04 bits per heavy atom. The van der Waals surface area contributed by atoms with Gasteiger partial charge in [-0.25, -0.2) is 0 Å². The molecule has 0 aromatic heterocycles. The van der Waals surface area contributed by atoms with E-state index in [9.17, 15) is 14.9 Å². The van der Waals surface area contributed by atoms with Gasteiger partial charge in [0.05, 0.1) is 30.7 Å². The number of rotatable bonds is 4. The molecule has 24 heavy (non-hydrogen) atoms. The monoisotopic (exact) mass is 328 g/mol. The number of anilines is 1. The molecule has 1 amide bonds. The van der Waals surface area contributed by atoms with Crippen LogP contribution in [0.5, 0.6) is 11.5 Å². The molecule has 0 saturated carbocycles. The molecule has 0 radical (unpaired) electrons. The van der Waals surface area contributed by atoms with Gasteiger partial charge in [0, 0.05) is 12.1 Å². The second-order valence-corrected chi connectivity index (χ2v) is 5.33. The Bertz CT molecular complexity index is 773. The Labute approximate surface area is 138 Å². The molecule has 7 heteroatoms. The SMILES string of the molecule is COc1ccc(CC(=O)N2CCOc3ccc([N+](=O)[O-])cc32)cc1. The van der Waals surface area contributed by atoms with Crippen LogP contribution in [-0.2, 0) is 11.2 Å². The molecule has 0 atom stereocenters. The van der Waals surface area contributed by atoms with E-state index in [-0.39, 0.29) is 18.0 Å². The fraction of sp³-hybridized carbons (Fsp3) is 0.235. The molecule has 1 heterocycles. The van der Waals surface area contributed by atoms with E-state index in [1.807, 2.05) is 12.1 Å². The lowest BCUT2D eigenvalue weighted by Crippen LogP contribution is -2.38. The van der Waals surface area contributed by atoms with Gasteiger partial charge in [0.15, 0.2) is 0 Å². The number of methoxy groups -OCH3 is 1. The number of amides is 1. The highest BCUT2D eigenvalue weighted by Gasteiger charge is 2.26. The van der Waals surface area contributed by atoms with Gasteiger partial charge in [-0.15, -0.1) is 0 Å². The zero-order chi connectivity index (χ0) is 17.1. The van der Waals surface area contributed by atoms with Crippen LogP contribution in [-0.4, -0.2) is 31.1 Å². The van der Waals surface area contributed by atoms with Crippen molar-refractivity contribution in [2.45, 2.75) is 6.42 Å². The van der Waals surface area contributed by atoms with E-state index < -0.39 is 4.92 Å². The Kier molecular flexibility index (Phi) is 4.33. The number of carbonyl (C=O) groups excluding carboxylic acids is 1. The number of nitro benzene ring substituents is 1. The Balaban J connectivity index is 1.83. The van der Waals surface area contributed by atoms with Crippen LogP contribution in [0.25, 0.3) is 0 Å². The van der Waals surface area contributed by atoms with Crippen LogP contribution in [0.1, 0.15) is 5.56 Å². The number of hydrogen-bond acceptors (Lipinski definition) is 5. The van der Waals surface area contributed by atoms with Gasteiger partial charge in [-0.1, -0.05) is 12.1 Å². The molecule has 1 aliphatic rings. The molecular formula is C17H16N2O5. The number of hydrogen-bond donors (Lipinski definition) is 0. The molecule has 1 aliphatic heterocycles. The summed E-state index contributed by atoms with van der Waals surface area (Å²) in [5, 5.41) is 11.0. The summed E-state index contributed by atoms with van der Waals surface area (Å²) in [7, 11) is 1.58. The van der Waals surface area contributed by atoms with Crippen LogP contribution in [0.3, 0.4) is 0 Å². The molecule has 0 spiro atoms.